The van der Waals surface area contributed by atoms with Crippen LogP contribution < -0.4 is 5.73 Å². The third kappa shape index (κ3) is 2.91. The maximum atomic E-state index is 9.91. The number of rotatable bonds is 2. The van der Waals surface area contributed by atoms with Gasteiger partial charge in [-0.25, -0.2) is 0 Å². The van der Waals surface area contributed by atoms with Gasteiger partial charge in [0.05, 0.1) is 5.70 Å². The molecule has 0 atom stereocenters. The number of amidine groups is 1. The van der Waals surface area contributed by atoms with Gasteiger partial charge in [-0.2, -0.15) is 0 Å². The second-order valence-electron chi connectivity index (χ2n) is 5.79. The summed E-state index contributed by atoms with van der Waals surface area (Å²) in [6, 6.07) is 3.56. The number of aromatic hydroxyl groups is 1. The predicted molar refractivity (Wildman–Crippen MR) is 95.7 cm³/mol. The van der Waals surface area contributed by atoms with Crippen LogP contribution in [0.1, 0.15) is 44.4 Å². The number of phenolic OH excluding ortho intramolecular Hbond substituents is 1. The minimum absolute atomic E-state index is 0.203. The van der Waals surface area contributed by atoms with Gasteiger partial charge >= 0.3 is 0 Å². The normalized spacial score (nSPS) is 16.5. The molecule has 0 spiro atoms. The summed E-state index contributed by atoms with van der Waals surface area (Å²) in [6.07, 6.45) is 0.785. The molecule has 1 aromatic rings. The number of aliphatic imine (C=N–C) groups is 2. The first kappa shape index (κ1) is 18.0. The van der Waals surface area contributed by atoms with Crippen LogP contribution in [0.2, 0.25) is 0 Å². The molecule has 0 fully saturated rings. The summed E-state index contributed by atoms with van der Waals surface area (Å²) in [6.45, 7) is 13.8. The minimum Gasteiger partial charge on any atom is -0.508 e. The van der Waals surface area contributed by atoms with E-state index in [2.05, 4.69) is 30.5 Å². The Bertz CT molecular complexity index is 640. The number of hydrogen-bond donors (Lipinski definition) is 2. The Kier molecular flexibility index (Phi) is 5.53. The third-order valence-electron chi connectivity index (χ3n) is 4.01. The van der Waals surface area contributed by atoms with Crippen LogP contribution in [0.3, 0.4) is 0 Å². The van der Waals surface area contributed by atoms with E-state index in [1.54, 1.807) is 13.1 Å². The third-order valence-corrected chi connectivity index (χ3v) is 4.01. The van der Waals surface area contributed by atoms with E-state index in [4.69, 9.17) is 5.73 Å². The quantitative estimate of drug-likeness (QED) is 0.645. The lowest BCUT2D eigenvalue weighted by molar-refractivity contribution is 0.444. The molecule has 0 unspecified atom stereocenters. The van der Waals surface area contributed by atoms with E-state index in [1.165, 1.54) is 0 Å². The van der Waals surface area contributed by atoms with Crippen molar-refractivity contribution < 1.29 is 5.11 Å². The average molecular weight is 301 g/mol. The first-order valence-corrected chi connectivity index (χ1v) is 7.59. The van der Waals surface area contributed by atoms with E-state index in [1.807, 2.05) is 26.8 Å². The van der Waals surface area contributed by atoms with E-state index >= 15 is 0 Å². The number of nitrogens with zero attached hydrogens (tertiary/aromatic N) is 2. The Morgan fingerprint density at radius 2 is 1.91 bits per heavy atom. The Balaban J connectivity index is 0.00000116. The van der Waals surface area contributed by atoms with Crippen molar-refractivity contribution in [2.24, 2.45) is 21.1 Å². The van der Waals surface area contributed by atoms with Gasteiger partial charge in [-0.05, 0) is 48.7 Å². The van der Waals surface area contributed by atoms with Crippen molar-refractivity contribution in [3.05, 3.63) is 34.4 Å². The molecule has 0 aromatic heterocycles. The van der Waals surface area contributed by atoms with Gasteiger partial charge in [-0.3, -0.25) is 9.98 Å². The number of benzene rings is 1. The second-order valence-corrected chi connectivity index (χ2v) is 5.79. The summed E-state index contributed by atoms with van der Waals surface area (Å²) in [7, 11) is 1.68. The van der Waals surface area contributed by atoms with E-state index in [0.717, 1.165) is 34.4 Å². The lowest BCUT2D eigenvalue weighted by Gasteiger charge is -2.35. The summed E-state index contributed by atoms with van der Waals surface area (Å²) < 4.78 is 0. The lowest BCUT2D eigenvalue weighted by Crippen LogP contribution is -2.33. The summed E-state index contributed by atoms with van der Waals surface area (Å²) in [5.74, 6) is 0.803. The Hall–Kier alpha value is -2.10. The molecule has 1 aliphatic rings. The smallest absolute Gasteiger partial charge is 0.123 e. The molecule has 4 heteroatoms. The summed E-state index contributed by atoms with van der Waals surface area (Å²) in [5.41, 5.74) is 10.5. The van der Waals surface area contributed by atoms with Gasteiger partial charge in [0, 0.05) is 18.2 Å². The molecule has 0 saturated carbocycles. The fraction of sp³-hybridized carbons (Fsp3) is 0.444. The van der Waals surface area contributed by atoms with Crippen LogP contribution in [-0.4, -0.2) is 24.7 Å². The fourth-order valence-electron chi connectivity index (χ4n) is 2.92. The molecule has 120 valence electrons. The predicted octanol–water partition coefficient (Wildman–Crippen LogP) is 3.71. The molecule has 0 aliphatic heterocycles. The number of nitrogens with two attached hydrogens (primary N) is 1. The van der Waals surface area contributed by atoms with Gasteiger partial charge in [0.2, 0.25) is 0 Å². The fourth-order valence-corrected chi connectivity index (χ4v) is 2.92. The van der Waals surface area contributed by atoms with Gasteiger partial charge in [-0.15, -0.1) is 0 Å². The maximum Gasteiger partial charge on any atom is 0.123 e. The highest BCUT2D eigenvalue weighted by Crippen LogP contribution is 2.45. The minimum atomic E-state index is -0.203. The molecule has 0 heterocycles. The highest BCUT2D eigenvalue weighted by Gasteiger charge is 2.36. The highest BCUT2D eigenvalue weighted by molar-refractivity contribution is 6.06. The maximum absolute atomic E-state index is 9.91. The Morgan fingerprint density at radius 1 is 1.32 bits per heavy atom. The van der Waals surface area contributed by atoms with Gasteiger partial charge < -0.3 is 10.8 Å². The second kappa shape index (κ2) is 6.77. The molecule has 0 radical (unpaired) electrons. The van der Waals surface area contributed by atoms with Crippen molar-refractivity contribution in [1.82, 2.24) is 0 Å². The van der Waals surface area contributed by atoms with Crippen molar-refractivity contribution in [2.45, 2.75) is 41.0 Å². The largest absolute Gasteiger partial charge is 0.508 e. The number of hydrogen-bond acceptors (Lipinski definition) is 3. The molecule has 22 heavy (non-hydrogen) atoms. The van der Waals surface area contributed by atoms with E-state index in [-0.39, 0.29) is 5.41 Å². The van der Waals surface area contributed by atoms with E-state index < -0.39 is 0 Å². The van der Waals surface area contributed by atoms with Crippen molar-refractivity contribution in [3.8, 4) is 5.75 Å². The molecular formula is C18H27N3O. The standard InChI is InChI=1S/C16H21N3O.C2H6/c1-9-11-8-16(2,3)13(15(17)19-5)14(18-4)10(11)6-7-12(9)20;1-2/h6-7,20H,4,8H2,1-3,5H3,(H2,17,19);1-2H3. The topological polar surface area (TPSA) is 71.0 Å². The highest BCUT2D eigenvalue weighted by atomic mass is 16.3. The van der Waals surface area contributed by atoms with Crippen molar-refractivity contribution in [2.75, 3.05) is 7.05 Å². The van der Waals surface area contributed by atoms with Crippen molar-refractivity contribution >= 4 is 18.3 Å². The number of phenols is 1. The Labute approximate surface area is 133 Å². The average Bonchev–Trinajstić information content (AvgIpc) is 2.51. The van der Waals surface area contributed by atoms with E-state index in [0.29, 0.717) is 11.6 Å². The summed E-state index contributed by atoms with van der Waals surface area (Å²) in [4.78, 5) is 8.31. The molecule has 1 aromatic carbocycles. The van der Waals surface area contributed by atoms with Crippen molar-refractivity contribution in [3.63, 3.8) is 0 Å². The van der Waals surface area contributed by atoms with Gasteiger partial charge in [0.1, 0.15) is 11.6 Å². The van der Waals surface area contributed by atoms with Crippen molar-refractivity contribution in [1.29, 1.82) is 0 Å². The van der Waals surface area contributed by atoms with Crippen LogP contribution in [-0.2, 0) is 6.42 Å². The molecule has 1 aliphatic carbocycles. The molecule has 2 rings (SSSR count). The van der Waals surface area contributed by atoms with Gasteiger partial charge in [-0.1, -0.05) is 27.7 Å². The zero-order chi connectivity index (χ0) is 17.1. The van der Waals surface area contributed by atoms with Crippen LogP contribution in [0.4, 0.5) is 0 Å². The lowest BCUT2D eigenvalue weighted by atomic mass is 9.70. The molecule has 4 nitrogen and oxygen atoms in total. The van der Waals surface area contributed by atoms with Crippen LogP contribution in [0, 0.1) is 12.3 Å². The first-order chi connectivity index (χ1) is 10.3. The molecular weight excluding hydrogens is 274 g/mol. The molecule has 0 amide bonds. The zero-order valence-corrected chi connectivity index (χ0v) is 14.5. The summed E-state index contributed by atoms with van der Waals surface area (Å²) in [5, 5.41) is 9.91. The van der Waals surface area contributed by atoms with Crippen LogP contribution >= 0.6 is 0 Å². The number of fused-ring (bicyclic) bond motifs is 1. The first-order valence-electron chi connectivity index (χ1n) is 7.59. The molecule has 0 bridgehead atoms. The summed E-state index contributed by atoms with van der Waals surface area (Å²) >= 11 is 0. The zero-order valence-electron chi connectivity index (χ0n) is 14.5. The monoisotopic (exact) mass is 301 g/mol. The molecule has 3 N–H and O–H groups in total. The SMILES string of the molecule is C=NC1=C(C(N)=NC)C(C)(C)Cc2c1ccc(O)c2C.CC. The van der Waals surface area contributed by atoms with Gasteiger partial charge in [0.25, 0.3) is 0 Å². The van der Waals surface area contributed by atoms with Crippen LogP contribution in [0.25, 0.3) is 5.70 Å². The van der Waals surface area contributed by atoms with Gasteiger partial charge in [0.15, 0.2) is 0 Å². The molecule has 0 saturated heterocycles. The Morgan fingerprint density at radius 3 is 2.41 bits per heavy atom. The van der Waals surface area contributed by atoms with E-state index in [9.17, 15) is 5.11 Å². The van der Waals surface area contributed by atoms with Crippen LogP contribution in [0.5, 0.6) is 5.75 Å². The van der Waals surface area contributed by atoms with Crippen LogP contribution in [0.15, 0.2) is 27.7 Å².